The first kappa shape index (κ1) is 17.7. The Labute approximate surface area is 164 Å². The van der Waals surface area contributed by atoms with Gasteiger partial charge in [-0.1, -0.05) is 30.3 Å². The maximum Gasteiger partial charge on any atom is 0.255 e. The third-order valence-electron chi connectivity index (χ3n) is 4.81. The van der Waals surface area contributed by atoms with Crippen LogP contribution in [0.2, 0.25) is 0 Å². The van der Waals surface area contributed by atoms with Crippen molar-refractivity contribution in [2.24, 2.45) is 0 Å². The Morgan fingerprint density at radius 2 is 1.93 bits per heavy atom. The second kappa shape index (κ2) is 7.15. The highest BCUT2D eigenvalue weighted by molar-refractivity contribution is 9.10. The molecule has 0 aliphatic carbocycles. The number of ether oxygens (including phenoxy) is 1. The molecule has 138 valence electrons. The molecule has 6 nitrogen and oxygen atoms in total. The minimum Gasteiger partial charge on any atom is -0.488 e. The van der Waals surface area contributed by atoms with Gasteiger partial charge in [0.05, 0.1) is 4.47 Å². The molecule has 2 aliphatic rings. The third-order valence-corrected chi connectivity index (χ3v) is 5.43. The van der Waals surface area contributed by atoms with Crippen LogP contribution in [0.1, 0.15) is 34.3 Å². The zero-order valence-corrected chi connectivity index (χ0v) is 16.0. The molecule has 4 rings (SSSR count). The fraction of sp³-hybridized carbons (Fsp3) is 0.250. The van der Waals surface area contributed by atoms with Crippen LogP contribution in [0.5, 0.6) is 5.75 Å². The third kappa shape index (κ3) is 3.47. The SMILES string of the molecule is O=C1CCC(N2Cc3cc(OCc4ccccc4)c(Br)cc3C2=O)C(=O)N1. The van der Waals surface area contributed by atoms with E-state index in [9.17, 15) is 14.4 Å². The normalized spacial score (nSPS) is 19.1. The Morgan fingerprint density at radius 3 is 2.67 bits per heavy atom. The molecule has 2 heterocycles. The molecule has 27 heavy (non-hydrogen) atoms. The molecular weight excluding hydrogens is 412 g/mol. The van der Waals surface area contributed by atoms with E-state index in [1.807, 2.05) is 36.4 Å². The van der Waals surface area contributed by atoms with Gasteiger partial charge in [-0.15, -0.1) is 0 Å². The second-order valence-electron chi connectivity index (χ2n) is 6.61. The summed E-state index contributed by atoms with van der Waals surface area (Å²) in [5.74, 6) is -0.253. The lowest BCUT2D eigenvalue weighted by molar-refractivity contribution is -0.136. The molecule has 3 amide bonds. The van der Waals surface area contributed by atoms with Crippen molar-refractivity contribution in [3.8, 4) is 5.75 Å². The highest BCUT2D eigenvalue weighted by Crippen LogP contribution is 2.35. The zero-order valence-electron chi connectivity index (χ0n) is 14.4. The summed E-state index contributed by atoms with van der Waals surface area (Å²) in [7, 11) is 0. The van der Waals surface area contributed by atoms with Gasteiger partial charge in [0.2, 0.25) is 11.8 Å². The minimum absolute atomic E-state index is 0.199. The molecule has 2 aromatic carbocycles. The van der Waals surface area contributed by atoms with E-state index >= 15 is 0 Å². The molecule has 1 saturated heterocycles. The largest absolute Gasteiger partial charge is 0.488 e. The van der Waals surface area contributed by atoms with E-state index in [0.717, 1.165) is 11.1 Å². The summed E-state index contributed by atoms with van der Waals surface area (Å²) in [5, 5.41) is 2.31. The van der Waals surface area contributed by atoms with E-state index in [1.54, 1.807) is 6.07 Å². The average molecular weight is 429 g/mol. The molecule has 1 N–H and O–H groups in total. The number of rotatable bonds is 4. The number of imide groups is 1. The molecule has 0 radical (unpaired) electrons. The van der Waals surface area contributed by atoms with E-state index < -0.39 is 11.9 Å². The number of piperidine rings is 1. The van der Waals surface area contributed by atoms with Crippen LogP contribution in [-0.4, -0.2) is 28.7 Å². The van der Waals surface area contributed by atoms with Crippen molar-refractivity contribution in [2.75, 3.05) is 0 Å². The smallest absolute Gasteiger partial charge is 0.255 e. The van der Waals surface area contributed by atoms with Crippen LogP contribution in [-0.2, 0) is 22.7 Å². The van der Waals surface area contributed by atoms with Gasteiger partial charge in [0.25, 0.3) is 5.91 Å². The molecule has 2 aliphatic heterocycles. The number of carbonyl (C=O) groups excluding carboxylic acids is 3. The number of carbonyl (C=O) groups is 3. The van der Waals surface area contributed by atoms with Crippen LogP contribution in [0.25, 0.3) is 0 Å². The molecule has 2 aromatic rings. The number of amides is 3. The predicted octanol–water partition coefficient (Wildman–Crippen LogP) is 2.79. The Kier molecular flexibility index (Phi) is 4.70. The summed E-state index contributed by atoms with van der Waals surface area (Å²) in [5.41, 5.74) is 2.42. The van der Waals surface area contributed by atoms with E-state index in [4.69, 9.17) is 4.74 Å². The van der Waals surface area contributed by atoms with E-state index in [2.05, 4.69) is 21.2 Å². The van der Waals surface area contributed by atoms with Gasteiger partial charge in [0, 0.05) is 18.5 Å². The summed E-state index contributed by atoms with van der Waals surface area (Å²) in [4.78, 5) is 37.8. The molecular formula is C20H17BrN2O4. The van der Waals surface area contributed by atoms with Crippen molar-refractivity contribution >= 4 is 33.7 Å². The van der Waals surface area contributed by atoms with Crippen LogP contribution in [0, 0.1) is 0 Å². The maximum absolute atomic E-state index is 12.8. The fourth-order valence-corrected chi connectivity index (χ4v) is 3.87. The highest BCUT2D eigenvalue weighted by atomic mass is 79.9. The van der Waals surface area contributed by atoms with Gasteiger partial charge in [-0.2, -0.15) is 0 Å². The first-order valence-electron chi connectivity index (χ1n) is 8.67. The van der Waals surface area contributed by atoms with Gasteiger partial charge in [0.1, 0.15) is 18.4 Å². The lowest BCUT2D eigenvalue weighted by Gasteiger charge is -2.29. The standard InChI is InChI=1S/C20H17BrN2O4/c21-15-9-14-13(8-17(15)27-11-12-4-2-1-3-5-12)10-23(20(14)26)16-6-7-18(24)22-19(16)25/h1-5,8-9,16H,6-7,10-11H2,(H,22,24,25). The maximum atomic E-state index is 12.8. The lowest BCUT2D eigenvalue weighted by Crippen LogP contribution is -2.52. The number of hydrogen-bond acceptors (Lipinski definition) is 4. The topological polar surface area (TPSA) is 75.7 Å². The number of halogens is 1. The van der Waals surface area contributed by atoms with Crippen LogP contribution < -0.4 is 10.1 Å². The quantitative estimate of drug-likeness (QED) is 0.759. The summed E-state index contributed by atoms with van der Waals surface area (Å²) in [6, 6.07) is 12.8. The number of benzene rings is 2. The molecule has 1 unspecified atom stereocenters. The number of hydrogen-bond donors (Lipinski definition) is 1. The van der Waals surface area contributed by atoms with Crippen molar-refractivity contribution in [1.29, 1.82) is 0 Å². The van der Waals surface area contributed by atoms with Crippen molar-refractivity contribution in [1.82, 2.24) is 10.2 Å². The molecule has 7 heteroatoms. The Balaban J connectivity index is 1.53. The summed E-state index contributed by atoms with van der Waals surface area (Å²) in [6.07, 6.45) is 0.592. The highest BCUT2D eigenvalue weighted by Gasteiger charge is 2.39. The fourth-order valence-electron chi connectivity index (χ4n) is 3.41. The van der Waals surface area contributed by atoms with Gasteiger partial charge in [-0.3, -0.25) is 19.7 Å². The van der Waals surface area contributed by atoms with Crippen molar-refractivity contribution in [3.63, 3.8) is 0 Å². The first-order valence-corrected chi connectivity index (χ1v) is 9.46. The van der Waals surface area contributed by atoms with Crippen molar-refractivity contribution in [3.05, 3.63) is 63.6 Å². The van der Waals surface area contributed by atoms with E-state index in [-0.39, 0.29) is 18.2 Å². The van der Waals surface area contributed by atoms with E-state index in [1.165, 1.54) is 4.90 Å². The average Bonchev–Trinajstić information content (AvgIpc) is 2.96. The van der Waals surface area contributed by atoms with E-state index in [0.29, 0.717) is 35.4 Å². The molecule has 0 saturated carbocycles. The number of nitrogens with zero attached hydrogens (tertiary/aromatic N) is 1. The monoisotopic (exact) mass is 428 g/mol. The van der Waals surface area contributed by atoms with Crippen molar-refractivity contribution < 1.29 is 19.1 Å². The van der Waals surface area contributed by atoms with Crippen molar-refractivity contribution in [2.45, 2.75) is 32.0 Å². The minimum atomic E-state index is -0.616. The predicted molar refractivity (Wildman–Crippen MR) is 101 cm³/mol. The van der Waals surface area contributed by atoms with Gasteiger partial charge >= 0.3 is 0 Å². The summed E-state index contributed by atoms with van der Waals surface area (Å²) in [6.45, 7) is 0.748. The van der Waals surface area contributed by atoms with Crippen LogP contribution in [0.15, 0.2) is 46.9 Å². The summed E-state index contributed by atoms with van der Waals surface area (Å²) >= 11 is 3.47. The zero-order chi connectivity index (χ0) is 19.0. The Bertz CT molecular complexity index is 929. The Hall–Kier alpha value is -2.67. The molecule has 1 fully saturated rings. The van der Waals surface area contributed by atoms with Gasteiger partial charge in [-0.05, 0) is 45.6 Å². The molecule has 0 bridgehead atoms. The van der Waals surface area contributed by atoms with Crippen LogP contribution in [0.4, 0.5) is 0 Å². The second-order valence-corrected chi connectivity index (χ2v) is 7.47. The molecule has 0 spiro atoms. The van der Waals surface area contributed by atoms with Gasteiger partial charge in [0.15, 0.2) is 0 Å². The number of nitrogens with one attached hydrogen (secondary N) is 1. The molecule has 1 atom stereocenters. The van der Waals surface area contributed by atoms with Crippen LogP contribution in [0.3, 0.4) is 0 Å². The first-order chi connectivity index (χ1) is 13.0. The Morgan fingerprint density at radius 1 is 1.15 bits per heavy atom. The molecule has 0 aromatic heterocycles. The number of fused-ring (bicyclic) bond motifs is 1. The summed E-state index contributed by atoms with van der Waals surface area (Å²) < 4.78 is 6.59. The lowest BCUT2D eigenvalue weighted by atomic mass is 10.0. The van der Waals surface area contributed by atoms with Gasteiger partial charge in [-0.25, -0.2) is 0 Å². The van der Waals surface area contributed by atoms with Crippen LogP contribution >= 0.6 is 15.9 Å². The van der Waals surface area contributed by atoms with Gasteiger partial charge < -0.3 is 9.64 Å².